The molecule has 9 nitrogen and oxygen atoms in total. The summed E-state index contributed by atoms with van der Waals surface area (Å²) in [6.45, 7) is 4.14. The number of aliphatic carboxylic acids is 1. The second kappa shape index (κ2) is 12.0. The van der Waals surface area contributed by atoms with E-state index in [4.69, 9.17) is 32.6 Å². The fourth-order valence-corrected chi connectivity index (χ4v) is 5.02. The molecule has 0 saturated carbocycles. The minimum Gasteiger partial charge on any atom is -0.481 e. The number of halogens is 1. The standard InChI is InChI=1S/C21H25ClN4O3S.C2H4O2/c1-15-2-8-18(14-19(15)22)30(28,29)26-12-10-25(11-13-26)20(27)9-5-16-3-6-17(7-4-16)21(23)24;1-2(3)4/h2-4,6-8,14H,5,9-13H2,1H3,(H3,23,24);1H3,(H,3,4). The summed E-state index contributed by atoms with van der Waals surface area (Å²) in [5, 5.41) is 15.2. The lowest BCUT2D eigenvalue weighted by Gasteiger charge is -2.34. The van der Waals surface area contributed by atoms with Crippen LogP contribution >= 0.6 is 11.6 Å². The van der Waals surface area contributed by atoms with Crippen LogP contribution in [0.4, 0.5) is 0 Å². The Labute approximate surface area is 204 Å². The maximum Gasteiger partial charge on any atom is 0.300 e. The van der Waals surface area contributed by atoms with Gasteiger partial charge in [0.05, 0.1) is 4.90 Å². The van der Waals surface area contributed by atoms with Gasteiger partial charge in [-0.3, -0.25) is 15.0 Å². The highest BCUT2D eigenvalue weighted by Crippen LogP contribution is 2.23. The number of carboxylic acids is 1. The van der Waals surface area contributed by atoms with Gasteiger partial charge in [0.2, 0.25) is 15.9 Å². The van der Waals surface area contributed by atoms with Crippen molar-refractivity contribution in [2.24, 2.45) is 5.73 Å². The number of aryl methyl sites for hydroxylation is 2. The monoisotopic (exact) mass is 508 g/mol. The van der Waals surface area contributed by atoms with Crippen LogP contribution in [0.15, 0.2) is 47.4 Å². The fraction of sp³-hybridized carbons (Fsp3) is 0.348. The Bertz CT molecular complexity index is 1140. The van der Waals surface area contributed by atoms with Crippen molar-refractivity contribution in [3.8, 4) is 0 Å². The quantitative estimate of drug-likeness (QED) is 0.403. The molecule has 4 N–H and O–H groups in total. The van der Waals surface area contributed by atoms with Crippen molar-refractivity contribution in [1.29, 1.82) is 5.41 Å². The number of nitrogens with one attached hydrogen (secondary N) is 1. The lowest BCUT2D eigenvalue weighted by atomic mass is 10.1. The molecule has 3 rings (SSSR count). The number of nitrogen functional groups attached to an aromatic ring is 1. The molecule has 1 saturated heterocycles. The van der Waals surface area contributed by atoms with E-state index in [0.717, 1.165) is 18.1 Å². The number of nitrogens with zero attached hydrogens (tertiary/aromatic N) is 2. The van der Waals surface area contributed by atoms with Gasteiger partial charge in [0, 0.05) is 50.1 Å². The van der Waals surface area contributed by atoms with Crippen LogP contribution in [-0.2, 0) is 26.0 Å². The number of nitrogens with two attached hydrogens (primary N) is 1. The van der Waals surface area contributed by atoms with Gasteiger partial charge in [0.15, 0.2) is 0 Å². The molecule has 184 valence electrons. The number of carbonyl (C=O) groups is 2. The Morgan fingerprint density at radius 3 is 2.15 bits per heavy atom. The average Bonchev–Trinajstić information content (AvgIpc) is 2.79. The number of carboxylic acid groups (broad SMARTS) is 1. The predicted octanol–water partition coefficient (Wildman–Crippen LogP) is 2.49. The number of sulfonamides is 1. The molecular formula is C23H29ClN4O5S. The summed E-state index contributed by atoms with van der Waals surface area (Å²) in [5.41, 5.74) is 7.91. The predicted molar refractivity (Wildman–Crippen MR) is 131 cm³/mol. The van der Waals surface area contributed by atoms with Gasteiger partial charge in [-0.25, -0.2) is 8.42 Å². The summed E-state index contributed by atoms with van der Waals surface area (Å²) in [6, 6.07) is 12.0. The number of benzene rings is 2. The van der Waals surface area contributed by atoms with Gasteiger partial charge in [0.25, 0.3) is 5.97 Å². The second-order valence-electron chi connectivity index (χ2n) is 7.83. The first-order valence-electron chi connectivity index (χ1n) is 10.6. The van der Waals surface area contributed by atoms with E-state index < -0.39 is 16.0 Å². The summed E-state index contributed by atoms with van der Waals surface area (Å²) < 4.78 is 27.1. The molecule has 0 radical (unpaired) electrons. The topological polar surface area (TPSA) is 145 Å². The van der Waals surface area contributed by atoms with Gasteiger partial charge in [-0.2, -0.15) is 4.31 Å². The molecule has 1 heterocycles. The van der Waals surface area contributed by atoms with Crippen LogP contribution in [0.3, 0.4) is 0 Å². The molecule has 1 aliphatic rings. The minimum absolute atomic E-state index is 0.000993. The van der Waals surface area contributed by atoms with Crippen molar-refractivity contribution < 1.29 is 23.1 Å². The van der Waals surface area contributed by atoms with Crippen molar-refractivity contribution in [3.05, 3.63) is 64.2 Å². The minimum atomic E-state index is -3.63. The highest BCUT2D eigenvalue weighted by atomic mass is 35.5. The normalized spacial score (nSPS) is 14.1. The van der Waals surface area contributed by atoms with Gasteiger partial charge in [-0.05, 0) is 36.6 Å². The number of amidine groups is 1. The average molecular weight is 509 g/mol. The second-order valence-corrected chi connectivity index (χ2v) is 10.2. The maximum absolute atomic E-state index is 12.9. The van der Waals surface area contributed by atoms with Crippen molar-refractivity contribution in [1.82, 2.24) is 9.21 Å². The van der Waals surface area contributed by atoms with Crippen molar-refractivity contribution in [2.75, 3.05) is 26.2 Å². The number of hydrogen-bond donors (Lipinski definition) is 3. The molecule has 2 aromatic rings. The van der Waals surface area contributed by atoms with Crippen LogP contribution in [0.5, 0.6) is 0 Å². The Hall–Kier alpha value is -2.95. The number of rotatable bonds is 6. The van der Waals surface area contributed by atoms with Crippen LogP contribution in [0.1, 0.15) is 30.0 Å². The molecule has 34 heavy (non-hydrogen) atoms. The summed E-state index contributed by atoms with van der Waals surface area (Å²) in [7, 11) is -3.63. The highest BCUT2D eigenvalue weighted by molar-refractivity contribution is 7.89. The molecule has 0 bridgehead atoms. The molecular weight excluding hydrogens is 480 g/mol. The smallest absolute Gasteiger partial charge is 0.300 e. The van der Waals surface area contributed by atoms with E-state index >= 15 is 0 Å². The zero-order valence-corrected chi connectivity index (χ0v) is 20.7. The third-order valence-electron chi connectivity index (χ3n) is 5.26. The molecule has 0 spiro atoms. The first-order chi connectivity index (χ1) is 15.9. The van der Waals surface area contributed by atoms with E-state index in [1.807, 2.05) is 19.1 Å². The molecule has 1 amide bonds. The summed E-state index contributed by atoms with van der Waals surface area (Å²) in [6.07, 6.45) is 0.928. The third kappa shape index (κ3) is 7.54. The van der Waals surface area contributed by atoms with Crippen LogP contribution in [0.2, 0.25) is 5.02 Å². The van der Waals surface area contributed by atoms with Crippen molar-refractivity contribution >= 4 is 39.3 Å². The number of amides is 1. The Morgan fingerprint density at radius 1 is 1.09 bits per heavy atom. The number of piperazine rings is 1. The van der Waals surface area contributed by atoms with Crippen LogP contribution in [0.25, 0.3) is 0 Å². The molecule has 2 aromatic carbocycles. The van der Waals surface area contributed by atoms with Gasteiger partial charge in [-0.15, -0.1) is 0 Å². The summed E-state index contributed by atoms with van der Waals surface area (Å²) >= 11 is 6.08. The highest BCUT2D eigenvalue weighted by Gasteiger charge is 2.30. The maximum atomic E-state index is 12.9. The molecule has 0 aliphatic carbocycles. The number of carbonyl (C=O) groups excluding carboxylic acids is 1. The lowest BCUT2D eigenvalue weighted by molar-refractivity contribution is -0.134. The fourth-order valence-electron chi connectivity index (χ4n) is 3.32. The van der Waals surface area contributed by atoms with Crippen LogP contribution in [-0.4, -0.2) is 66.6 Å². The molecule has 0 unspecified atom stereocenters. The zero-order valence-electron chi connectivity index (χ0n) is 19.1. The van der Waals surface area contributed by atoms with Gasteiger partial charge < -0.3 is 15.7 Å². The first kappa shape index (κ1) is 27.3. The van der Waals surface area contributed by atoms with E-state index in [-0.39, 0.29) is 29.7 Å². The van der Waals surface area contributed by atoms with E-state index in [1.54, 1.807) is 29.2 Å². The number of hydrogen-bond acceptors (Lipinski definition) is 5. The van der Waals surface area contributed by atoms with Gasteiger partial charge >= 0.3 is 0 Å². The Balaban J connectivity index is 0.000000945. The van der Waals surface area contributed by atoms with Gasteiger partial charge in [0.1, 0.15) is 5.84 Å². The molecule has 1 aliphatic heterocycles. The Kier molecular flexibility index (Phi) is 9.60. The van der Waals surface area contributed by atoms with E-state index in [0.29, 0.717) is 36.5 Å². The molecule has 0 atom stereocenters. The first-order valence-corrected chi connectivity index (χ1v) is 12.4. The van der Waals surface area contributed by atoms with E-state index in [9.17, 15) is 13.2 Å². The van der Waals surface area contributed by atoms with Crippen LogP contribution in [0, 0.1) is 12.3 Å². The summed E-state index contributed by atoms with van der Waals surface area (Å²) in [4.78, 5) is 23.4. The summed E-state index contributed by atoms with van der Waals surface area (Å²) in [5.74, 6) is -0.820. The molecule has 0 aromatic heterocycles. The van der Waals surface area contributed by atoms with Crippen molar-refractivity contribution in [3.63, 3.8) is 0 Å². The van der Waals surface area contributed by atoms with Gasteiger partial charge in [-0.1, -0.05) is 41.9 Å². The largest absolute Gasteiger partial charge is 0.481 e. The third-order valence-corrected chi connectivity index (χ3v) is 7.57. The zero-order chi connectivity index (χ0) is 25.5. The molecule has 1 fully saturated rings. The van der Waals surface area contributed by atoms with Crippen LogP contribution < -0.4 is 5.73 Å². The SMILES string of the molecule is CC(=O)O.Cc1ccc(S(=O)(=O)N2CCN(C(=O)CCc3ccc(C(=N)N)cc3)CC2)cc1Cl. The van der Waals surface area contributed by atoms with Crippen molar-refractivity contribution in [2.45, 2.75) is 31.6 Å². The lowest BCUT2D eigenvalue weighted by Crippen LogP contribution is -2.50. The molecule has 11 heteroatoms. The van der Waals surface area contributed by atoms with E-state index in [1.165, 1.54) is 10.4 Å². The Morgan fingerprint density at radius 2 is 1.65 bits per heavy atom. The van der Waals surface area contributed by atoms with E-state index in [2.05, 4.69) is 0 Å².